The maximum absolute atomic E-state index is 5.71. The summed E-state index contributed by atoms with van der Waals surface area (Å²) in [6.45, 7) is 12.9. The summed E-state index contributed by atoms with van der Waals surface area (Å²) < 4.78 is 6.93. The molecule has 0 aliphatic carbocycles. The molecular formula is C12H26ClNO. The number of epoxide rings is 1. The Kier molecular flexibility index (Phi) is 6.81. The lowest BCUT2D eigenvalue weighted by molar-refractivity contribution is -0.948. The largest absolute Gasteiger partial charge is 1.00 e. The molecule has 0 aromatic rings. The van der Waals surface area contributed by atoms with Gasteiger partial charge in [0.25, 0.3) is 0 Å². The van der Waals surface area contributed by atoms with Crippen LogP contribution >= 0.6 is 0 Å². The third kappa shape index (κ3) is 3.61. The number of hydrogen-bond acceptors (Lipinski definition) is 1. The molecule has 1 fully saturated rings. The molecule has 2 nitrogen and oxygen atoms in total. The third-order valence-corrected chi connectivity index (χ3v) is 3.23. The average molecular weight is 236 g/mol. The second-order valence-corrected chi connectivity index (χ2v) is 4.62. The van der Waals surface area contributed by atoms with Crippen molar-refractivity contribution in [2.75, 3.05) is 19.6 Å². The molecular weight excluding hydrogens is 210 g/mol. The van der Waals surface area contributed by atoms with Crippen LogP contribution in [0.25, 0.3) is 0 Å². The number of quaternary nitrogens is 1. The van der Waals surface area contributed by atoms with Crippen molar-refractivity contribution in [1.29, 1.82) is 0 Å². The zero-order chi connectivity index (χ0) is 10.6. The molecule has 0 spiro atoms. The maximum Gasteiger partial charge on any atom is 0.220 e. The van der Waals surface area contributed by atoms with Gasteiger partial charge >= 0.3 is 0 Å². The van der Waals surface area contributed by atoms with E-state index in [1.807, 2.05) is 0 Å². The third-order valence-electron chi connectivity index (χ3n) is 3.23. The number of hydrogen-bond donors (Lipinski definition) is 0. The van der Waals surface area contributed by atoms with E-state index in [0.717, 1.165) is 0 Å². The standard InChI is InChI=1S/C12H26NO.ClH/c1-5-8-13(9-6-2,10-7-3)12-11(4)14-12;/h11-12H,5-10H2,1-4H3;1H/q+1;/p-1. The normalized spacial score (nSPS) is 24.8. The first-order valence-electron chi connectivity index (χ1n) is 6.21. The molecule has 92 valence electrons. The molecule has 15 heavy (non-hydrogen) atoms. The fraction of sp³-hybridized carbons (Fsp3) is 1.00. The average Bonchev–Trinajstić information content (AvgIpc) is 2.84. The molecule has 0 N–H and O–H groups in total. The van der Waals surface area contributed by atoms with E-state index in [2.05, 4.69) is 27.7 Å². The maximum atomic E-state index is 5.71. The molecule has 0 saturated carbocycles. The summed E-state index contributed by atoms with van der Waals surface area (Å²) >= 11 is 0. The Hall–Kier alpha value is 0.210. The number of halogens is 1. The highest BCUT2D eigenvalue weighted by atomic mass is 35.5. The quantitative estimate of drug-likeness (QED) is 0.439. The first kappa shape index (κ1) is 15.2. The minimum atomic E-state index is 0. The fourth-order valence-electron chi connectivity index (χ4n) is 2.80. The van der Waals surface area contributed by atoms with Crippen molar-refractivity contribution in [2.24, 2.45) is 0 Å². The molecule has 0 aromatic carbocycles. The first-order valence-corrected chi connectivity index (χ1v) is 6.21. The van der Waals surface area contributed by atoms with Gasteiger partial charge in [-0.2, -0.15) is 0 Å². The molecule has 2 unspecified atom stereocenters. The first-order chi connectivity index (χ1) is 6.70. The van der Waals surface area contributed by atoms with Crippen LogP contribution in [-0.2, 0) is 4.74 Å². The van der Waals surface area contributed by atoms with Crippen LogP contribution in [-0.4, -0.2) is 36.4 Å². The molecule has 1 saturated heterocycles. The Balaban J connectivity index is 0.00000196. The van der Waals surface area contributed by atoms with Gasteiger partial charge in [0.05, 0.1) is 19.6 Å². The molecule has 0 radical (unpaired) electrons. The Morgan fingerprint density at radius 1 is 0.933 bits per heavy atom. The van der Waals surface area contributed by atoms with E-state index in [0.29, 0.717) is 12.3 Å². The van der Waals surface area contributed by atoms with Crippen LogP contribution in [0.3, 0.4) is 0 Å². The van der Waals surface area contributed by atoms with Gasteiger partial charge in [0.2, 0.25) is 6.23 Å². The minimum absolute atomic E-state index is 0. The summed E-state index contributed by atoms with van der Waals surface area (Å²) in [6.07, 6.45) is 4.82. The van der Waals surface area contributed by atoms with Crippen molar-refractivity contribution in [3.8, 4) is 0 Å². The van der Waals surface area contributed by atoms with Gasteiger partial charge < -0.3 is 17.1 Å². The second kappa shape index (κ2) is 6.72. The molecule has 1 aliphatic rings. The van der Waals surface area contributed by atoms with Crippen molar-refractivity contribution in [1.82, 2.24) is 0 Å². The van der Waals surface area contributed by atoms with Crippen molar-refractivity contribution in [2.45, 2.75) is 59.3 Å². The lowest BCUT2D eigenvalue weighted by Crippen LogP contribution is -3.00. The lowest BCUT2D eigenvalue weighted by atomic mass is 10.2. The summed E-state index contributed by atoms with van der Waals surface area (Å²) in [7, 11) is 0. The molecule has 3 heteroatoms. The van der Waals surface area contributed by atoms with Crippen molar-refractivity contribution in [3.05, 3.63) is 0 Å². The molecule has 0 aromatic heterocycles. The monoisotopic (exact) mass is 235 g/mol. The minimum Gasteiger partial charge on any atom is -1.00 e. The van der Waals surface area contributed by atoms with Crippen LogP contribution in [0, 0.1) is 0 Å². The fourth-order valence-corrected chi connectivity index (χ4v) is 2.80. The van der Waals surface area contributed by atoms with Gasteiger partial charge in [-0.25, -0.2) is 0 Å². The van der Waals surface area contributed by atoms with Crippen LogP contribution in [0.1, 0.15) is 47.0 Å². The van der Waals surface area contributed by atoms with Gasteiger partial charge in [0.1, 0.15) is 6.10 Å². The summed E-state index contributed by atoms with van der Waals surface area (Å²) in [5, 5.41) is 0. The van der Waals surface area contributed by atoms with Gasteiger partial charge in [-0.05, 0) is 26.2 Å². The van der Waals surface area contributed by atoms with Crippen molar-refractivity contribution in [3.63, 3.8) is 0 Å². The number of rotatable bonds is 7. The summed E-state index contributed by atoms with van der Waals surface area (Å²) in [5.74, 6) is 0. The lowest BCUT2D eigenvalue weighted by Gasteiger charge is -2.37. The number of nitrogens with zero attached hydrogens (tertiary/aromatic N) is 1. The molecule has 1 aliphatic heterocycles. The Morgan fingerprint density at radius 3 is 1.47 bits per heavy atom. The van der Waals surface area contributed by atoms with Gasteiger partial charge in [-0.3, -0.25) is 4.48 Å². The van der Waals surface area contributed by atoms with Crippen LogP contribution in [0.15, 0.2) is 0 Å². The zero-order valence-electron chi connectivity index (χ0n) is 10.6. The predicted octanol–water partition coefficient (Wildman–Crippen LogP) is -0.218. The Labute approximate surface area is 101 Å². The molecule has 2 atom stereocenters. The van der Waals surface area contributed by atoms with E-state index < -0.39 is 0 Å². The predicted molar refractivity (Wildman–Crippen MR) is 60.1 cm³/mol. The Bertz CT molecular complexity index is 158. The molecule has 0 bridgehead atoms. The highest BCUT2D eigenvalue weighted by molar-refractivity contribution is 4.73. The van der Waals surface area contributed by atoms with E-state index in [4.69, 9.17) is 4.74 Å². The van der Waals surface area contributed by atoms with Gasteiger partial charge in [0, 0.05) is 0 Å². The van der Waals surface area contributed by atoms with Gasteiger partial charge in [0.15, 0.2) is 0 Å². The van der Waals surface area contributed by atoms with E-state index in [1.54, 1.807) is 0 Å². The highest BCUT2D eigenvalue weighted by Gasteiger charge is 2.51. The van der Waals surface area contributed by atoms with Crippen LogP contribution < -0.4 is 12.4 Å². The van der Waals surface area contributed by atoms with E-state index in [9.17, 15) is 0 Å². The Morgan fingerprint density at radius 2 is 1.27 bits per heavy atom. The topological polar surface area (TPSA) is 12.5 Å². The van der Waals surface area contributed by atoms with Gasteiger partial charge in [-0.15, -0.1) is 0 Å². The van der Waals surface area contributed by atoms with E-state index in [1.165, 1.54) is 43.4 Å². The SMILES string of the molecule is CCC[N+](CCC)(CCC)C1OC1C.[Cl-]. The summed E-state index contributed by atoms with van der Waals surface area (Å²) in [5.41, 5.74) is 0. The molecule has 1 rings (SSSR count). The number of ether oxygens (including phenoxy) is 1. The summed E-state index contributed by atoms with van der Waals surface area (Å²) in [6, 6.07) is 0. The van der Waals surface area contributed by atoms with Crippen LogP contribution in [0.5, 0.6) is 0 Å². The second-order valence-electron chi connectivity index (χ2n) is 4.62. The molecule has 1 heterocycles. The molecule has 0 amide bonds. The van der Waals surface area contributed by atoms with Crippen molar-refractivity contribution >= 4 is 0 Å². The zero-order valence-corrected chi connectivity index (χ0v) is 11.4. The van der Waals surface area contributed by atoms with E-state index >= 15 is 0 Å². The smallest absolute Gasteiger partial charge is 0.220 e. The highest BCUT2D eigenvalue weighted by Crippen LogP contribution is 2.33. The van der Waals surface area contributed by atoms with Gasteiger partial charge in [-0.1, -0.05) is 20.8 Å². The van der Waals surface area contributed by atoms with Crippen LogP contribution in [0.4, 0.5) is 0 Å². The summed E-state index contributed by atoms with van der Waals surface area (Å²) in [4.78, 5) is 0. The van der Waals surface area contributed by atoms with E-state index in [-0.39, 0.29) is 12.4 Å². The van der Waals surface area contributed by atoms with Crippen LogP contribution in [0.2, 0.25) is 0 Å². The van der Waals surface area contributed by atoms with Crippen molar-refractivity contribution < 1.29 is 21.6 Å².